The normalized spacial score (nSPS) is 18.5. The first-order chi connectivity index (χ1) is 22.2. The van der Waals surface area contributed by atoms with Crippen LogP contribution >= 0.6 is 0 Å². The molecule has 2 N–H and O–H groups in total. The molecule has 1 aliphatic carbocycles. The smallest absolute Gasteiger partial charge is 0.240 e. The molecule has 234 valence electrons. The molecule has 1 saturated carbocycles. The van der Waals surface area contributed by atoms with Gasteiger partial charge >= 0.3 is 0 Å². The Hall–Kier alpha value is -5.51. The first kappa shape index (κ1) is 30.5. The van der Waals surface area contributed by atoms with Crippen LogP contribution in [0, 0.1) is 28.9 Å². The lowest BCUT2D eigenvalue weighted by Gasteiger charge is -2.18. The monoisotopic (exact) mass is 623 g/mol. The molecule has 1 fully saturated rings. The summed E-state index contributed by atoms with van der Waals surface area (Å²) < 4.78 is 46.2. The Morgan fingerprint density at radius 1 is 0.783 bits per heavy atom. The van der Waals surface area contributed by atoms with E-state index in [1.807, 2.05) is 30.3 Å². The number of carbonyl (C=O) groups excluding carboxylic acids is 2. The van der Waals surface area contributed by atoms with Crippen LogP contribution in [-0.4, -0.2) is 23.9 Å². The van der Waals surface area contributed by atoms with Gasteiger partial charge in [0.05, 0.1) is 12.6 Å². The number of benzene rings is 4. The van der Waals surface area contributed by atoms with Crippen molar-refractivity contribution in [3.63, 3.8) is 0 Å². The molecule has 2 amide bonds. The molecule has 0 saturated heterocycles. The summed E-state index contributed by atoms with van der Waals surface area (Å²) in [7, 11) is 1.53. The zero-order valence-electron chi connectivity index (χ0n) is 25.3. The van der Waals surface area contributed by atoms with Crippen molar-refractivity contribution in [1.82, 2.24) is 4.98 Å². The number of hydrogen-bond donors (Lipinski definition) is 2. The number of methoxy groups -OCH3 is 1. The first-order valence-corrected chi connectivity index (χ1v) is 14.7. The average Bonchev–Trinajstić information content (AvgIpc) is 3.62. The van der Waals surface area contributed by atoms with E-state index in [2.05, 4.69) is 15.6 Å². The Morgan fingerprint density at radius 2 is 1.46 bits per heavy atom. The molecule has 1 heterocycles. The Kier molecular flexibility index (Phi) is 8.27. The van der Waals surface area contributed by atoms with E-state index in [9.17, 15) is 14.0 Å². The number of aromatic nitrogens is 1. The van der Waals surface area contributed by atoms with Gasteiger partial charge in [0.15, 0.2) is 23.1 Å². The third-order valence-corrected chi connectivity index (χ3v) is 8.56. The van der Waals surface area contributed by atoms with Crippen LogP contribution in [0.2, 0.25) is 0 Å². The van der Waals surface area contributed by atoms with Gasteiger partial charge in [-0.1, -0.05) is 44.2 Å². The Labute approximate surface area is 264 Å². The lowest BCUT2D eigenvalue weighted by Crippen LogP contribution is -2.38. The molecule has 5 aromatic rings. The van der Waals surface area contributed by atoms with Crippen molar-refractivity contribution in [3.05, 3.63) is 114 Å². The minimum Gasteiger partial charge on any atom is -0.493 e. The Morgan fingerprint density at radius 3 is 2.11 bits per heavy atom. The van der Waals surface area contributed by atoms with E-state index in [0.29, 0.717) is 40.4 Å². The largest absolute Gasteiger partial charge is 0.493 e. The topological polar surface area (TPSA) is 98.8 Å². The van der Waals surface area contributed by atoms with Gasteiger partial charge in [0, 0.05) is 35.1 Å². The number of ether oxygens (including phenoxy) is 3. The van der Waals surface area contributed by atoms with Gasteiger partial charge in [0.25, 0.3) is 0 Å². The fraction of sp³-hybridized carbons (Fsp3) is 0.194. The molecule has 1 aromatic heterocycles. The highest BCUT2D eigenvalue weighted by Gasteiger charge is 2.69. The van der Waals surface area contributed by atoms with Crippen LogP contribution in [0.5, 0.6) is 23.0 Å². The molecule has 0 aliphatic heterocycles. The SMILES string of the molecule is COc1cc2c(Oc3ccc(NC(=O)C4(C(=O)Nc5ccc(F)cc5)C(C)[C@H]4C)cc3F)ccnc2cc1OCc1ccccc1. The number of nitrogens with one attached hydrogen (secondary N) is 2. The highest BCUT2D eigenvalue weighted by Crippen LogP contribution is 2.59. The number of nitrogens with zero attached hydrogens (tertiary/aromatic N) is 1. The number of anilines is 2. The number of pyridine rings is 1. The minimum absolute atomic E-state index is 0.0780. The molecule has 46 heavy (non-hydrogen) atoms. The summed E-state index contributed by atoms with van der Waals surface area (Å²) >= 11 is 0. The molecule has 2 unspecified atom stereocenters. The summed E-state index contributed by atoms with van der Waals surface area (Å²) in [6, 6.07) is 24.1. The molecule has 8 nitrogen and oxygen atoms in total. The maximum Gasteiger partial charge on any atom is 0.240 e. The van der Waals surface area contributed by atoms with Crippen molar-refractivity contribution < 1.29 is 32.6 Å². The van der Waals surface area contributed by atoms with Crippen molar-refractivity contribution in [2.24, 2.45) is 17.3 Å². The lowest BCUT2D eigenvalue weighted by molar-refractivity contribution is -0.132. The molecule has 6 rings (SSSR count). The maximum absolute atomic E-state index is 15.4. The fourth-order valence-corrected chi connectivity index (χ4v) is 5.71. The van der Waals surface area contributed by atoms with E-state index in [4.69, 9.17) is 14.2 Å². The van der Waals surface area contributed by atoms with Crippen LogP contribution < -0.4 is 24.8 Å². The van der Waals surface area contributed by atoms with E-state index in [1.165, 1.54) is 43.5 Å². The zero-order valence-corrected chi connectivity index (χ0v) is 25.3. The minimum atomic E-state index is -1.36. The summed E-state index contributed by atoms with van der Waals surface area (Å²) in [6.07, 6.45) is 1.55. The van der Waals surface area contributed by atoms with E-state index in [0.717, 1.165) is 11.6 Å². The van der Waals surface area contributed by atoms with Gasteiger partial charge in [-0.2, -0.15) is 0 Å². The van der Waals surface area contributed by atoms with Crippen LogP contribution in [-0.2, 0) is 16.2 Å². The van der Waals surface area contributed by atoms with E-state index >= 15 is 4.39 Å². The summed E-state index contributed by atoms with van der Waals surface area (Å²) in [4.78, 5) is 31.1. The molecule has 3 atom stereocenters. The molecular formula is C36H31F2N3O5. The number of amides is 2. The molecule has 1 aliphatic rings. The van der Waals surface area contributed by atoms with E-state index < -0.39 is 28.9 Å². The van der Waals surface area contributed by atoms with Crippen LogP contribution in [0.1, 0.15) is 19.4 Å². The Bertz CT molecular complexity index is 1910. The number of hydrogen-bond acceptors (Lipinski definition) is 6. The predicted molar refractivity (Wildman–Crippen MR) is 170 cm³/mol. The summed E-state index contributed by atoms with van der Waals surface area (Å²) in [5.74, 6) is -1.54. The number of rotatable bonds is 10. The number of fused-ring (bicyclic) bond motifs is 1. The van der Waals surface area contributed by atoms with Gasteiger partial charge in [-0.05, 0) is 65.9 Å². The quantitative estimate of drug-likeness (QED) is 0.155. The van der Waals surface area contributed by atoms with E-state index in [-0.39, 0.29) is 23.3 Å². The molecule has 0 radical (unpaired) electrons. The van der Waals surface area contributed by atoms with Gasteiger partial charge in [-0.25, -0.2) is 8.78 Å². The van der Waals surface area contributed by atoms with Crippen LogP contribution in [0.3, 0.4) is 0 Å². The van der Waals surface area contributed by atoms with Gasteiger partial charge in [-0.15, -0.1) is 0 Å². The molecule has 0 bridgehead atoms. The maximum atomic E-state index is 15.4. The third-order valence-electron chi connectivity index (χ3n) is 8.56. The molecule has 0 spiro atoms. The van der Waals surface area contributed by atoms with Crippen molar-refractivity contribution >= 4 is 34.1 Å². The van der Waals surface area contributed by atoms with Gasteiger partial charge in [-0.3, -0.25) is 14.6 Å². The van der Waals surface area contributed by atoms with Gasteiger partial charge in [0.2, 0.25) is 11.8 Å². The summed E-state index contributed by atoms with van der Waals surface area (Å²) in [6.45, 7) is 3.95. The molecule has 10 heteroatoms. The van der Waals surface area contributed by atoms with E-state index in [1.54, 1.807) is 38.2 Å². The lowest BCUT2D eigenvalue weighted by atomic mass is 9.99. The number of halogens is 2. The van der Waals surface area contributed by atoms with Crippen LogP contribution in [0.15, 0.2) is 97.2 Å². The molecule has 4 aromatic carbocycles. The third kappa shape index (κ3) is 5.81. The van der Waals surface area contributed by atoms with Crippen molar-refractivity contribution in [1.29, 1.82) is 0 Å². The predicted octanol–water partition coefficient (Wildman–Crippen LogP) is 7.74. The fourth-order valence-electron chi connectivity index (χ4n) is 5.71. The average molecular weight is 624 g/mol. The second kappa shape index (κ2) is 12.5. The summed E-state index contributed by atoms with van der Waals surface area (Å²) in [5, 5.41) is 5.98. The standard InChI is InChI=1S/C36H31F2N3O5/c1-21-22(2)36(21,34(42)40-25-11-9-24(37)10-12-25)35(43)41-26-13-14-31(28(38)17-26)46-30-15-16-39-29-19-33(32(44-3)18-27(29)30)45-20-23-7-5-4-6-8-23/h4-19,21-22H,20H2,1-3H3,(H,40,42)(H,41,43)/t21-,22?,36?/m1/s1. The van der Waals surface area contributed by atoms with Gasteiger partial charge < -0.3 is 24.8 Å². The second-order valence-corrected chi connectivity index (χ2v) is 11.2. The summed E-state index contributed by atoms with van der Waals surface area (Å²) in [5.41, 5.74) is 0.724. The second-order valence-electron chi connectivity index (χ2n) is 11.2. The van der Waals surface area contributed by atoms with Crippen molar-refractivity contribution in [2.75, 3.05) is 17.7 Å². The molecular weight excluding hydrogens is 592 g/mol. The van der Waals surface area contributed by atoms with Crippen molar-refractivity contribution in [3.8, 4) is 23.0 Å². The van der Waals surface area contributed by atoms with Crippen LogP contribution in [0.4, 0.5) is 20.2 Å². The Balaban J connectivity index is 1.18. The highest BCUT2D eigenvalue weighted by atomic mass is 19.1. The van der Waals surface area contributed by atoms with Crippen molar-refractivity contribution in [2.45, 2.75) is 20.5 Å². The zero-order chi connectivity index (χ0) is 32.4. The number of carbonyl (C=O) groups is 2. The highest BCUT2D eigenvalue weighted by molar-refractivity contribution is 6.17. The van der Waals surface area contributed by atoms with Crippen LogP contribution in [0.25, 0.3) is 10.9 Å². The first-order valence-electron chi connectivity index (χ1n) is 14.7. The van der Waals surface area contributed by atoms with Gasteiger partial charge in [0.1, 0.15) is 23.6 Å².